The van der Waals surface area contributed by atoms with E-state index in [4.69, 9.17) is 10.5 Å². The number of piperidine rings is 2. The summed E-state index contributed by atoms with van der Waals surface area (Å²) in [7, 11) is -1.13. The topological polar surface area (TPSA) is 127 Å². The monoisotopic (exact) mass is 636 g/mol. The molecular weight excluding hydrogens is 589 g/mol. The molecule has 0 radical (unpaired) electrons. The maximum atomic E-state index is 8.54. The number of rotatable bonds is 10. The molecule has 2 fully saturated rings. The van der Waals surface area contributed by atoms with Gasteiger partial charge in [-0.25, -0.2) is 29.1 Å². The summed E-state index contributed by atoms with van der Waals surface area (Å²) in [6.07, 6.45) is 5.43. The first kappa shape index (κ1) is 43.3. The Kier molecular flexibility index (Phi) is 39.9. The Hall–Kier alpha value is 0.195. The minimum atomic E-state index is -1.13. The fourth-order valence-corrected chi connectivity index (χ4v) is 2.71. The van der Waals surface area contributed by atoms with Gasteiger partial charge in [-0.3, -0.25) is 5.32 Å². The van der Waals surface area contributed by atoms with Crippen LogP contribution in [0.3, 0.4) is 0 Å². The van der Waals surface area contributed by atoms with E-state index in [9.17, 15) is 0 Å². The van der Waals surface area contributed by atoms with E-state index in [0.717, 1.165) is 38.3 Å². The Balaban J connectivity index is -0.000000130. The van der Waals surface area contributed by atoms with Gasteiger partial charge in [0.15, 0.2) is 0 Å². The van der Waals surface area contributed by atoms with Crippen LogP contribution in [-0.4, -0.2) is 57.2 Å². The van der Waals surface area contributed by atoms with E-state index in [1.54, 1.807) is 20.8 Å². The Bertz CT molecular complexity index is 541. The van der Waals surface area contributed by atoms with Gasteiger partial charge >= 0.3 is 36.9 Å². The maximum absolute atomic E-state index is 8.54. The normalized spacial score (nSPS) is 20.0. The predicted molar refractivity (Wildman–Crippen MR) is 148 cm³/mol. The second-order valence-corrected chi connectivity index (χ2v) is 7.09. The first-order valence-electron chi connectivity index (χ1n) is 11.7. The van der Waals surface area contributed by atoms with Gasteiger partial charge in [0.2, 0.25) is 0 Å². The van der Waals surface area contributed by atoms with Crippen molar-refractivity contribution in [3.63, 3.8) is 0 Å². The fraction of sp³-hybridized carbons (Fsp3) is 0.826. The quantitative estimate of drug-likeness (QED) is 0.0916. The van der Waals surface area contributed by atoms with Crippen molar-refractivity contribution in [1.82, 2.24) is 10.6 Å². The van der Waals surface area contributed by atoms with Crippen molar-refractivity contribution < 1.29 is 60.1 Å². The van der Waals surface area contributed by atoms with Gasteiger partial charge in [-0.1, -0.05) is 55.5 Å². The third kappa shape index (κ3) is 25.8. The summed E-state index contributed by atoms with van der Waals surface area (Å²) in [5.74, 6) is 0.810. The summed E-state index contributed by atoms with van der Waals surface area (Å²) >= 11 is 2.15. The fourth-order valence-electron chi connectivity index (χ4n) is 2.71. The van der Waals surface area contributed by atoms with Crippen LogP contribution in [0.5, 0.6) is 0 Å². The number of halogens is 1. The van der Waals surface area contributed by atoms with E-state index in [-0.39, 0.29) is 50.5 Å². The van der Waals surface area contributed by atoms with Crippen molar-refractivity contribution in [1.29, 1.82) is 10.5 Å². The summed E-state index contributed by atoms with van der Waals surface area (Å²) < 4.78 is 0. The summed E-state index contributed by atoms with van der Waals surface area (Å²) in [5.41, 5.74) is 1.21. The molecule has 206 valence electrons. The Labute approximate surface area is 257 Å². The van der Waals surface area contributed by atoms with Crippen LogP contribution in [-0.2, 0) is 29.1 Å². The first-order valence-corrected chi connectivity index (χ1v) is 13.8. The molecule has 0 aliphatic carbocycles. The SMILES string of the molecule is C.C=C1CC[C@@H](C#N)NC1.CCC1CC[C@@H](C#N)NC1.CCOOB(OOCC)OOCC.CI.[H-].[Na+]. The molecule has 0 bridgehead atoms. The van der Waals surface area contributed by atoms with Crippen molar-refractivity contribution in [2.75, 3.05) is 37.8 Å². The van der Waals surface area contributed by atoms with E-state index < -0.39 is 7.32 Å². The molecule has 0 aromatic heterocycles. The van der Waals surface area contributed by atoms with E-state index in [1.165, 1.54) is 18.4 Å². The van der Waals surface area contributed by atoms with E-state index in [0.29, 0.717) is 19.8 Å². The van der Waals surface area contributed by atoms with Gasteiger partial charge in [-0.05, 0) is 63.8 Å². The predicted octanol–water partition coefficient (Wildman–Crippen LogP) is 1.79. The molecule has 2 N–H and O–H groups in total. The molecule has 0 spiro atoms. The number of nitrogens with one attached hydrogen (secondary N) is 2. The van der Waals surface area contributed by atoms with E-state index in [1.807, 2.05) is 4.93 Å². The smallest absolute Gasteiger partial charge is 1.00 e. The van der Waals surface area contributed by atoms with Crippen molar-refractivity contribution >= 4 is 29.9 Å². The second-order valence-electron chi connectivity index (χ2n) is 7.09. The van der Waals surface area contributed by atoms with Gasteiger partial charge in [0.05, 0.1) is 44.0 Å². The zero-order valence-corrected chi connectivity index (χ0v) is 26.5. The molecule has 2 saturated heterocycles. The summed E-state index contributed by atoms with van der Waals surface area (Å²) in [4.78, 5) is 29.5. The van der Waals surface area contributed by atoms with Crippen molar-refractivity contribution in [2.24, 2.45) is 5.92 Å². The molecule has 2 heterocycles. The van der Waals surface area contributed by atoms with Gasteiger partial charge in [-0.2, -0.15) is 10.5 Å². The molecule has 36 heavy (non-hydrogen) atoms. The number of hydrogen-bond donors (Lipinski definition) is 2. The van der Waals surface area contributed by atoms with Crippen molar-refractivity contribution in [3.05, 3.63) is 12.2 Å². The van der Waals surface area contributed by atoms with E-state index >= 15 is 0 Å². The molecule has 0 aromatic carbocycles. The van der Waals surface area contributed by atoms with Crippen LogP contribution in [0.4, 0.5) is 0 Å². The van der Waals surface area contributed by atoms with Gasteiger partial charge in [-0.15, -0.1) is 0 Å². The molecule has 3 atom stereocenters. The standard InChI is InChI=1S/C8H14N2.C7H10N2.C6H15BO6.CH3I.CH4.Na.H/c1-2-7-3-4-8(5-9)10-6-7;1-6-2-3-7(4-8)9-5-6;1-4-8-11-7(12-9-5-2)13-10-6-3;1-2;;;/h7-8,10H,2-4,6H2,1H3;7,9H,1-3,5H2;4-6H2,1-3H3;1H3;1H4;;/q;;;;;+1;-1/t7?,8-;7-;;;;;/m00...../s1. The third-order valence-electron chi connectivity index (χ3n) is 4.58. The summed E-state index contributed by atoms with van der Waals surface area (Å²) in [5, 5.41) is 23.2. The minimum absolute atomic E-state index is 0. The molecule has 2 rings (SSSR count). The van der Waals surface area contributed by atoms with Crippen LogP contribution in [0.2, 0.25) is 0 Å². The second kappa shape index (κ2) is 33.2. The van der Waals surface area contributed by atoms with Gasteiger partial charge in [0.25, 0.3) is 0 Å². The zero-order valence-electron chi connectivity index (χ0n) is 23.3. The average Bonchev–Trinajstić information content (AvgIpc) is 2.90. The minimum Gasteiger partial charge on any atom is -1.00 e. The third-order valence-corrected chi connectivity index (χ3v) is 4.58. The largest absolute Gasteiger partial charge is 1.00 e. The summed E-state index contributed by atoms with van der Waals surface area (Å²) in [6, 6.07) is 4.60. The van der Waals surface area contributed by atoms with E-state index in [2.05, 4.69) is 87.9 Å². The molecule has 10 nitrogen and oxygen atoms in total. The summed E-state index contributed by atoms with van der Waals surface area (Å²) in [6.45, 7) is 14.3. The molecule has 2 aliphatic rings. The molecule has 0 amide bonds. The van der Waals surface area contributed by atoms with Crippen LogP contribution in [0, 0.1) is 28.6 Å². The molecule has 1 unspecified atom stereocenters. The van der Waals surface area contributed by atoms with Crippen LogP contribution >= 0.6 is 22.6 Å². The number of nitrogens with zero attached hydrogens (tertiary/aromatic N) is 2. The van der Waals surface area contributed by atoms with Crippen molar-refractivity contribution in [3.8, 4) is 12.1 Å². The van der Waals surface area contributed by atoms with Crippen molar-refractivity contribution in [2.45, 2.75) is 79.3 Å². The number of alkyl halides is 1. The molecule has 2 aliphatic heterocycles. The maximum Gasteiger partial charge on any atom is 1.00 e. The number of nitriles is 2. The van der Waals surface area contributed by atoms with Crippen LogP contribution < -0.4 is 40.2 Å². The molecule has 0 aromatic rings. The average molecular weight is 636 g/mol. The Morgan fingerprint density at radius 1 is 0.917 bits per heavy atom. The van der Waals surface area contributed by atoms with Crippen LogP contribution in [0.1, 0.15) is 68.7 Å². The molecular formula is C23H47BIN4NaO6. The first-order chi connectivity index (χ1) is 16.5. The van der Waals surface area contributed by atoms with Gasteiger partial charge < -0.3 is 6.74 Å². The van der Waals surface area contributed by atoms with Crippen LogP contribution in [0.15, 0.2) is 12.2 Å². The Morgan fingerprint density at radius 3 is 1.69 bits per heavy atom. The van der Waals surface area contributed by atoms with Crippen LogP contribution in [0.25, 0.3) is 0 Å². The Morgan fingerprint density at radius 2 is 1.39 bits per heavy atom. The number of hydrogen-bond acceptors (Lipinski definition) is 10. The van der Waals surface area contributed by atoms with Gasteiger partial charge in [0.1, 0.15) is 0 Å². The zero-order chi connectivity index (χ0) is 26.0. The molecule has 13 heteroatoms. The molecule has 0 saturated carbocycles. The van der Waals surface area contributed by atoms with Gasteiger partial charge in [0, 0.05) is 6.54 Å².